The molecule has 1 aromatic rings. The van der Waals surface area contributed by atoms with Crippen molar-refractivity contribution in [2.24, 2.45) is 0 Å². The molecule has 90 valence electrons. The molecular formula is C11H21N5. The molecule has 1 aliphatic heterocycles. The lowest BCUT2D eigenvalue weighted by molar-refractivity contribution is 0.224. The van der Waals surface area contributed by atoms with E-state index in [1.807, 2.05) is 6.92 Å². The fourth-order valence-electron chi connectivity index (χ4n) is 2.13. The molecule has 5 heteroatoms. The molecule has 1 aromatic heterocycles. The molecule has 1 N–H and O–H groups in total. The van der Waals surface area contributed by atoms with E-state index in [2.05, 4.69) is 31.9 Å². The quantitative estimate of drug-likeness (QED) is 0.802. The van der Waals surface area contributed by atoms with Crippen LogP contribution in [-0.2, 0) is 13.1 Å². The van der Waals surface area contributed by atoms with Crippen molar-refractivity contribution in [3.63, 3.8) is 0 Å². The molecule has 5 nitrogen and oxygen atoms in total. The molecule has 0 radical (unpaired) electrons. The van der Waals surface area contributed by atoms with Crippen molar-refractivity contribution in [2.45, 2.75) is 33.4 Å². The summed E-state index contributed by atoms with van der Waals surface area (Å²) in [5, 5.41) is 11.8. The molecule has 1 fully saturated rings. The summed E-state index contributed by atoms with van der Waals surface area (Å²) in [7, 11) is 0. The molecular weight excluding hydrogens is 202 g/mol. The summed E-state index contributed by atoms with van der Waals surface area (Å²) in [6, 6.07) is 0. The van der Waals surface area contributed by atoms with Crippen LogP contribution in [0.2, 0.25) is 0 Å². The van der Waals surface area contributed by atoms with Crippen LogP contribution in [0.4, 0.5) is 0 Å². The van der Waals surface area contributed by atoms with Crippen LogP contribution < -0.4 is 5.32 Å². The number of piperazine rings is 1. The van der Waals surface area contributed by atoms with Gasteiger partial charge in [0, 0.05) is 32.7 Å². The summed E-state index contributed by atoms with van der Waals surface area (Å²) in [6.07, 6.45) is 1.13. The van der Waals surface area contributed by atoms with Gasteiger partial charge in [-0.25, -0.2) is 0 Å². The molecule has 0 bridgehead atoms. The average Bonchev–Trinajstić information content (AvgIpc) is 2.64. The van der Waals surface area contributed by atoms with Gasteiger partial charge in [-0.3, -0.25) is 4.90 Å². The Kier molecular flexibility index (Phi) is 3.90. The number of nitrogens with one attached hydrogen (secondary N) is 1. The Morgan fingerprint density at radius 3 is 2.69 bits per heavy atom. The lowest BCUT2D eigenvalue weighted by Crippen LogP contribution is -2.43. The van der Waals surface area contributed by atoms with Crippen LogP contribution >= 0.6 is 0 Å². The summed E-state index contributed by atoms with van der Waals surface area (Å²) in [5.74, 6) is 2.15. The van der Waals surface area contributed by atoms with Crippen LogP contribution in [0.3, 0.4) is 0 Å². The van der Waals surface area contributed by atoms with E-state index in [1.54, 1.807) is 0 Å². The molecule has 0 saturated carbocycles. The van der Waals surface area contributed by atoms with Crippen molar-refractivity contribution in [1.29, 1.82) is 0 Å². The highest BCUT2D eigenvalue weighted by Crippen LogP contribution is 2.06. The second-order valence-electron chi connectivity index (χ2n) is 4.34. The Balaban J connectivity index is 2.02. The molecule has 0 aromatic carbocycles. The standard InChI is InChI=1S/C11H21N5/c1-3-6-16-10(2)13-14-11(16)9-15-7-4-12-5-8-15/h12H,3-9H2,1-2H3. The summed E-state index contributed by atoms with van der Waals surface area (Å²) in [6.45, 7) is 10.6. The topological polar surface area (TPSA) is 46.0 Å². The minimum absolute atomic E-state index is 0.933. The van der Waals surface area contributed by atoms with E-state index in [0.29, 0.717) is 0 Å². The molecule has 0 spiro atoms. The zero-order valence-corrected chi connectivity index (χ0v) is 10.2. The van der Waals surface area contributed by atoms with Crippen molar-refractivity contribution in [1.82, 2.24) is 25.0 Å². The largest absolute Gasteiger partial charge is 0.314 e. The van der Waals surface area contributed by atoms with E-state index in [9.17, 15) is 0 Å². The predicted octanol–water partition coefficient (Wildman–Crippen LogP) is 0.402. The maximum atomic E-state index is 4.28. The third kappa shape index (κ3) is 2.59. The summed E-state index contributed by atoms with van der Waals surface area (Å²) in [5.41, 5.74) is 0. The predicted molar refractivity (Wildman–Crippen MR) is 63.2 cm³/mol. The van der Waals surface area contributed by atoms with E-state index < -0.39 is 0 Å². The molecule has 0 atom stereocenters. The van der Waals surface area contributed by atoms with E-state index in [0.717, 1.165) is 57.3 Å². The van der Waals surface area contributed by atoms with Crippen molar-refractivity contribution < 1.29 is 0 Å². The number of aryl methyl sites for hydroxylation is 1. The van der Waals surface area contributed by atoms with Crippen LogP contribution in [0.5, 0.6) is 0 Å². The van der Waals surface area contributed by atoms with Crippen molar-refractivity contribution >= 4 is 0 Å². The first-order valence-electron chi connectivity index (χ1n) is 6.13. The minimum Gasteiger partial charge on any atom is -0.314 e. The van der Waals surface area contributed by atoms with E-state index in [4.69, 9.17) is 0 Å². The van der Waals surface area contributed by atoms with Gasteiger partial charge in [-0.1, -0.05) is 6.92 Å². The minimum atomic E-state index is 0.933. The SMILES string of the molecule is CCCn1c(C)nnc1CN1CCNCC1. The Labute approximate surface area is 96.8 Å². The van der Waals surface area contributed by atoms with E-state index >= 15 is 0 Å². The summed E-state index contributed by atoms with van der Waals surface area (Å²) >= 11 is 0. The van der Waals surface area contributed by atoms with Gasteiger partial charge in [0.25, 0.3) is 0 Å². The second kappa shape index (κ2) is 5.41. The molecule has 1 aliphatic rings. The smallest absolute Gasteiger partial charge is 0.147 e. The van der Waals surface area contributed by atoms with Gasteiger partial charge in [0.2, 0.25) is 0 Å². The van der Waals surface area contributed by atoms with Crippen LogP contribution in [0.25, 0.3) is 0 Å². The van der Waals surface area contributed by atoms with E-state index in [-0.39, 0.29) is 0 Å². The molecule has 0 amide bonds. The third-order valence-corrected chi connectivity index (χ3v) is 3.03. The highest BCUT2D eigenvalue weighted by atomic mass is 15.3. The maximum absolute atomic E-state index is 4.28. The van der Waals surface area contributed by atoms with Gasteiger partial charge in [-0.05, 0) is 13.3 Å². The molecule has 0 unspecified atom stereocenters. The first-order valence-corrected chi connectivity index (χ1v) is 6.13. The molecule has 16 heavy (non-hydrogen) atoms. The van der Waals surface area contributed by atoms with Crippen LogP contribution in [-0.4, -0.2) is 45.8 Å². The van der Waals surface area contributed by atoms with Crippen molar-refractivity contribution in [3.8, 4) is 0 Å². The van der Waals surface area contributed by atoms with Gasteiger partial charge in [0.05, 0.1) is 6.54 Å². The summed E-state index contributed by atoms with van der Waals surface area (Å²) in [4.78, 5) is 2.44. The Morgan fingerprint density at radius 2 is 2.00 bits per heavy atom. The molecule has 0 aliphatic carbocycles. The maximum Gasteiger partial charge on any atom is 0.147 e. The van der Waals surface area contributed by atoms with Gasteiger partial charge in [-0.2, -0.15) is 0 Å². The average molecular weight is 223 g/mol. The highest BCUT2D eigenvalue weighted by Gasteiger charge is 2.14. The molecule has 1 saturated heterocycles. The monoisotopic (exact) mass is 223 g/mol. The number of rotatable bonds is 4. The van der Waals surface area contributed by atoms with E-state index in [1.165, 1.54) is 0 Å². The van der Waals surface area contributed by atoms with Crippen LogP contribution in [0, 0.1) is 6.92 Å². The van der Waals surface area contributed by atoms with Crippen LogP contribution in [0.15, 0.2) is 0 Å². The normalized spacial score (nSPS) is 17.9. The Morgan fingerprint density at radius 1 is 1.25 bits per heavy atom. The summed E-state index contributed by atoms with van der Waals surface area (Å²) < 4.78 is 2.24. The third-order valence-electron chi connectivity index (χ3n) is 3.03. The van der Waals surface area contributed by atoms with Crippen molar-refractivity contribution in [2.75, 3.05) is 26.2 Å². The lowest BCUT2D eigenvalue weighted by atomic mass is 10.3. The molecule has 2 heterocycles. The number of aromatic nitrogens is 3. The van der Waals surface area contributed by atoms with Gasteiger partial charge in [-0.15, -0.1) is 10.2 Å². The second-order valence-corrected chi connectivity index (χ2v) is 4.34. The Bertz CT molecular complexity index is 327. The van der Waals surface area contributed by atoms with Gasteiger partial charge >= 0.3 is 0 Å². The first kappa shape index (κ1) is 11.5. The lowest BCUT2D eigenvalue weighted by Gasteiger charge is -2.26. The first-order chi connectivity index (χ1) is 7.81. The Hall–Kier alpha value is -0.940. The fraction of sp³-hybridized carbons (Fsp3) is 0.818. The molecule has 2 rings (SSSR count). The zero-order chi connectivity index (χ0) is 11.4. The van der Waals surface area contributed by atoms with Gasteiger partial charge in [0.1, 0.15) is 11.6 Å². The number of hydrogen-bond donors (Lipinski definition) is 1. The zero-order valence-electron chi connectivity index (χ0n) is 10.2. The number of hydrogen-bond acceptors (Lipinski definition) is 4. The fourth-order valence-corrected chi connectivity index (χ4v) is 2.13. The highest BCUT2D eigenvalue weighted by molar-refractivity contribution is 4.94. The van der Waals surface area contributed by atoms with Crippen molar-refractivity contribution in [3.05, 3.63) is 11.6 Å². The number of nitrogens with zero attached hydrogens (tertiary/aromatic N) is 4. The van der Waals surface area contributed by atoms with Crippen LogP contribution in [0.1, 0.15) is 25.0 Å². The van der Waals surface area contributed by atoms with Gasteiger partial charge < -0.3 is 9.88 Å². The van der Waals surface area contributed by atoms with Gasteiger partial charge in [0.15, 0.2) is 0 Å².